The van der Waals surface area contributed by atoms with E-state index in [9.17, 15) is 8.78 Å². The summed E-state index contributed by atoms with van der Waals surface area (Å²) in [5.41, 5.74) is 2.01. The van der Waals surface area contributed by atoms with Crippen LogP contribution < -0.4 is 5.32 Å². The Kier molecular flexibility index (Phi) is 3.79. The fourth-order valence-corrected chi connectivity index (χ4v) is 3.24. The van der Waals surface area contributed by atoms with E-state index in [1.807, 2.05) is 13.0 Å². The van der Waals surface area contributed by atoms with Crippen molar-refractivity contribution in [2.45, 2.75) is 45.4 Å². The van der Waals surface area contributed by atoms with Crippen molar-refractivity contribution in [3.8, 4) is 0 Å². The number of hydrogen-bond donors (Lipinski definition) is 1. The van der Waals surface area contributed by atoms with Gasteiger partial charge in [0.05, 0.1) is 5.39 Å². The second-order valence-electron chi connectivity index (χ2n) is 5.82. The quantitative estimate of drug-likeness (QED) is 0.868. The van der Waals surface area contributed by atoms with Gasteiger partial charge in [-0.2, -0.15) is 0 Å². The summed E-state index contributed by atoms with van der Waals surface area (Å²) in [6.45, 7) is 4.20. The van der Waals surface area contributed by atoms with E-state index in [1.54, 1.807) is 6.92 Å². The highest BCUT2D eigenvalue weighted by atomic mass is 19.1. The highest BCUT2D eigenvalue weighted by Crippen LogP contribution is 2.37. The third kappa shape index (κ3) is 2.47. The van der Waals surface area contributed by atoms with E-state index in [0.717, 1.165) is 18.5 Å². The summed E-state index contributed by atoms with van der Waals surface area (Å²) in [6.07, 6.45) is 4.54. The Morgan fingerprint density at radius 3 is 2.62 bits per heavy atom. The summed E-state index contributed by atoms with van der Waals surface area (Å²) < 4.78 is 28.7. The van der Waals surface area contributed by atoms with E-state index in [4.69, 9.17) is 0 Å². The standard InChI is InChI=1S/C17H20F2N2/c1-3-20-14-9-13(11-6-4-5-7-11)21-17-12(18)8-10(2)16(19)15(14)17/h8-9,11H,3-7H2,1-2H3,(H,20,21). The van der Waals surface area contributed by atoms with Gasteiger partial charge in [0.2, 0.25) is 0 Å². The zero-order valence-electron chi connectivity index (χ0n) is 12.5. The van der Waals surface area contributed by atoms with Gasteiger partial charge in [-0.3, -0.25) is 0 Å². The first-order valence-electron chi connectivity index (χ1n) is 7.65. The maximum Gasteiger partial charge on any atom is 0.149 e. The number of rotatable bonds is 3. The number of anilines is 1. The summed E-state index contributed by atoms with van der Waals surface area (Å²) in [7, 11) is 0. The topological polar surface area (TPSA) is 24.9 Å². The maximum absolute atomic E-state index is 14.4. The van der Waals surface area contributed by atoms with E-state index in [0.29, 0.717) is 23.7 Å². The first-order chi connectivity index (χ1) is 10.1. The molecule has 112 valence electrons. The molecule has 1 aromatic carbocycles. The van der Waals surface area contributed by atoms with Crippen LogP contribution in [-0.4, -0.2) is 11.5 Å². The number of nitrogens with zero attached hydrogens (tertiary/aromatic N) is 1. The number of hydrogen-bond acceptors (Lipinski definition) is 2. The van der Waals surface area contributed by atoms with Gasteiger partial charge < -0.3 is 5.32 Å². The molecule has 0 aliphatic heterocycles. The predicted octanol–water partition coefficient (Wildman–Crippen LogP) is 4.91. The largest absolute Gasteiger partial charge is 0.385 e. The molecule has 0 bridgehead atoms. The third-order valence-electron chi connectivity index (χ3n) is 4.32. The number of fused-ring (bicyclic) bond motifs is 1. The zero-order chi connectivity index (χ0) is 15.0. The minimum absolute atomic E-state index is 0.151. The second kappa shape index (κ2) is 5.58. The number of nitrogens with one attached hydrogen (secondary N) is 1. The van der Waals surface area contributed by atoms with Gasteiger partial charge in [0, 0.05) is 23.8 Å². The molecule has 0 amide bonds. The molecule has 2 aromatic rings. The molecule has 21 heavy (non-hydrogen) atoms. The summed E-state index contributed by atoms with van der Waals surface area (Å²) in [6, 6.07) is 3.14. The molecule has 1 aliphatic rings. The molecule has 1 heterocycles. The van der Waals surface area contributed by atoms with E-state index in [-0.39, 0.29) is 16.7 Å². The summed E-state index contributed by atoms with van der Waals surface area (Å²) in [5.74, 6) is -0.453. The first kappa shape index (κ1) is 14.2. The average Bonchev–Trinajstić information content (AvgIpc) is 2.99. The van der Waals surface area contributed by atoms with Crippen molar-refractivity contribution in [1.82, 2.24) is 4.98 Å². The van der Waals surface area contributed by atoms with Gasteiger partial charge in [-0.15, -0.1) is 0 Å². The zero-order valence-corrected chi connectivity index (χ0v) is 12.5. The summed E-state index contributed by atoms with van der Waals surface area (Å²) in [5, 5.41) is 3.44. The fourth-order valence-electron chi connectivity index (χ4n) is 3.24. The van der Waals surface area contributed by atoms with Crippen LogP contribution in [0, 0.1) is 18.6 Å². The molecular formula is C17H20F2N2. The van der Waals surface area contributed by atoms with Gasteiger partial charge in [0.15, 0.2) is 0 Å². The van der Waals surface area contributed by atoms with E-state index in [1.165, 1.54) is 18.9 Å². The van der Waals surface area contributed by atoms with Gasteiger partial charge in [0.25, 0.3) is 0 Å². The molecule has 4 heteroatoms. The van der Waals surface area contributed by atoms with Crippen molar-refractivity contribution in [1.29, 1.82) is 0 Å². The Labute approximate surface area is 123 Å². The lowest BCUT2D eigenvalue weighted by atomic mass is 10.00. The monoisotopic (exact) mass is 290 g/mol. The molecule has 1 fully saturated rings. The molecule has 0 saturated heterocycles. The average molecular weight is 290 g/mol. The first-order valence-corrected chi connectivity index (χ1v) is 7.65. The Hall–Kier alpha value is -1.71. The minimum atomic E-state index is -0.442. The molecule has 2 nitrogen and oxygen atoms in total. The predicted molar refractivity (Wildman–Crippen MR) is 81.8 cm³/mol. The highest BCUT2D eigenvalue weighted by Gasteiger charge is 2.22. The Bertz CT molecular complexity index is 676. The van der Waals surface area contributed by atoms with Gasteiger partial charge in [-0.05, 0) is 44.4 Å². The Morgan fingerprint density at radius 1 is 1.24 bits per heavy atom. The van der Waals surface area contributed by atoms with Crippen LogP contribution in [-0.2, 0) is 0 Å². The van der Waals surface area contributed by atoms with Crippen LogP contribution in [0.15, 0.2) is 12.1 Å². The molecule has 1 aromatic heterocycles. The van der Waals surface area contributed by atoms with Gasteiger partial charge in [-0.1, -0.05) is 12.8 Å². The van der Waals surface area contributed by atoms with E-state index >= 15 is 0 Å². The molecule has 0 spiro atoms. The van der Waals surface area contributed by atoms with Crippen LogP contribution in [0.3, 0.4) is 0 Å². The number of aromatic nitrogens is 1. The van der Waals surface area contributed by atoms with Crippen molar-refractivity contribution in [3.05, 3.63) is 35.0 Å². The summed E-state index contributed by atoms with van der Waals surface area (Å²) >= 11 is 0. The number of halogens is 2. The van der Waals surface area contributed by atoms with Crippen molar-refractivity contribution in [3.63, 3.8) is 0 Å². The van der Waals surface area contributed by atoms with Crippen LogP contribution in [0.1, 0.15) is 49.8 Å². The van der Waals surface area contributed by atoms with Gasteiger partial charge >= 0.3 is 0 Å². The number of benzene rings is 1. The van der Waals surface area contributed by atoms with Crippen molar-refractivity contribution in [2.75, 3.05) is 11.9 Å². The molecular weight excluding hydrogens is 270 g/mol. The smallest absolute Gasteiger partial charge is 0.149 e. The Morgan fingerprint density at radius 2 is 1.95 bits per heavy atom. The Balaban J connectivity index is 2.25. The maximum atomic E-state index is 14.4. The summed E-state index contributed by atoms with van der Waals surface area (Å²) in [4.78, 5) is 4.45. The van der Waals surface area contributed by atoms with Crippen LogP contribution in [0.25, 0.3) is 10.9 Å². The van der Waals surface area contributed by atoms with E-state index < -0.39 is 5.82 Å². The molecule has 0 atom stereocenters. The lowest BCUT2D eigenvalue weighted by molar-refractivity contribution is 0.606. The lowest BCUT2D eigenvalue weighted by Crippen LogP contribution is -2.06. The second-order valence-corrected chi connectivity index (χ2v) is 5.82. The molecule has 1 aliphatic carbocycles. The van der Waals surface area contributed by atoms with E-state index in [2.05, 4.69) is 10.3 Å². The number of aryl methyl sites for hydroxylation is 1. The van der Waals surface area contributed by atoms with Crippen LogP contribution in [0.4, 0.5) is 14.5 Å². The third-order valence-corrected chi connectivity index (χ3v) is 4.32. The molecule has 3 rings (SSSR count). The lowest BCUT2D eigenvalue weighted by Gasteiger charge is -2.16. The van der Waals surface area contributed by atoms with Crippen molar-refractivity contribution < 1.29 is 8.78 Å². The molecule has 1 saturated carbocycles. The molecule has 1 N–H and O–H groups in total. The SMILES string of the molecule is CCNc1cc(C2CCCC2)nc2c(F)cc(C)c(F)c12. The van der Waals surface area contributed by atoms with Crippen LogP contribution in [0.2, 0.25) is 0 Å². The molecule has 0 unspecified atom stereocenters. The molecule has 0 radical (unpaired) electrons. The highest BCUT2D eigenvalue weighted by molar-refractivity contribution is 5.93. The van der Waals surface area contributed by atoms with Crippen LogP contribution in [0.5, 0.6) is 0 Å². The van der Waals surface area contributed by atoms with Gasteiger partial charge in [-0.25, -0.2) is 13.8 Å². The fraction of sp³-hybridized carbons (Fsp3) is 0.471. The normalized spacial score (nSPS) is 15.8. The van der Waals surface area contributed by atoms with Crippen molar-refractivity contribution in [2.24, 2.45) is 0 Å². The van der Waals surface area contributed by atoms with Crippen molar-refractivity contribution >= 4 is 16.6 Å². The van der Waals surface area contributed by atoms with Gasteiger partial charge in [0.1, 0.15) is 17.2 Å². The number of pyridine rings is 1. The minimum Gasteiger partial charge on any atom is -0.385 e. The van der Waals surface area contributed by atoms with Crippen LogP contribution >= 0.6 is 0 Å².